The fraction of sp³-hybridized carbons (Fsp3) is 0.333. The average molecular weight is 391 g/mol. The van der Waals surface area contributed by atoms with E-state index in [1.807, 2.05) is 48.5 Å². The first kappa shape index (κ1) is 20.8. The molecule has 0 spiro atoms. The smallest absolute Gasteiger partial charge is 0.239 e. The number of aromatic nitrogens is 2. The van der Waals surface area contributed by atoms with Crippen LogP contribution in [0.25, 0.3) is 22.4 Å². The van der Waals surface area contributed by atoms with Gasteiger partial charge in [0.25, 0.3) is 0 Å². The van der Waals surface area contributed by atoms with Crippen molar-refractivity contribution < 1.29 is 4.79 Å². The molecule has 5 heteroatoms. The molecule has 0 bridgehead atoms. The molecule has 3 N–H and O–H groups in total. The van der Waals surface area contributed by atoms with Gasteiger partial charge in [-0.25, -0.2) is 0 Å². The third-order valence-corrected chi connectivity index (χ3v) is 4.69. The van der Waals surface area contributed by atoms with E-state index < -0.39 is 5.91 Å². The van der Waals surface area contributed by atoms with E-state index >= 15 is 0 Å². The first-order chi connectivity index (χ1) is 13.8. The van der Waals surface area contributed by atoms with Gasteiger partial charge in [0.05, 0.1) is 11.4 Å². The Morgan fingerprint density at radius 3 is 2.14 bits per heavy atom. The van der Waals surface area contributed by atoms with Crippen molar-refractivity contribution in [2.24, 2.45) is 5.73 Å². The van der Waals surface area contributed by atoms with Gasteiger partial charge < -0.3 is 11.1 Å². The zero-order valence-electron chi connectivity index (χ0n) is 17.5. The second kappa shape index (κ2) is 9.05. The number of rotatable bonds is 8. The number of hydrogen-bond donors (Lipinski definition) is 2. The quantitative estimate of drug-likeness (QED) is 0.571. The van der Waals surface area contributed by atoms with Crippen LogP contribution in [0.4, 0.5) is 0 Å². The SMILES string of the molecule is CC(C)(C)NCCCc1nn(CC(N)=O)c(-c2ccccc2)c1-c1ccccc1. The molecule has 2 aromatic carbocycles. The highest BCUT2D eigenvalue weighted by atomic mass is 16.1. The Kier molecular flexibility index (Phi) is 6.49. The zero-order valence-corrected chi connectivity index (χ0v) is 17.5. The third-order valence-electron chi connectivity index (χ3n) is 4.69. The van der Waals surface area contributed by atoms with E-state index in [-0.39, 0.29) is 12.1 Å². The Hall–Kier alpha value is -2.92. The van der Waals surface area contributed by atoms with Crippen molar-refractivity contribution in [1.29, 1.82) is 0 Å². The lowest BCUT2D eigenvalue weighted by Crippen LogP contribution is -2.36. The van der Waals surface area contributed by atoms with Crippen molar-refractivity contribution in [3.05, 3.63) is 66.4 Å². The van der Waals surface area contributed by atoms with Gasteiger partial charge in [-0.3, -0.25) is 9.48 Å². The van der Waals surface area contributed by atoms with Crippen molar-refractivity contribution in [3.63, 3.8) is 0 Å². The van der Waals surface area contributed by atoms with E-state index in [2.05, 4.69) is 38.2 Å². The summed E-state index contributed by atoms with van der Waals surface area (Å²) in [5, 5.41) is 8.35. The molecule has 1 heterocycles. The molecular weight excluding hydrogens is 360 g/mol. The van der Waals surface area contributed by atoms with E-state index in [0.29, 0.717) is 0 Å². The summed E-state index contributed by atoms with van der Waals surface area (Å²) < 4.78 is 1.76. The van der Waals surface area contributed by atoms with E-state index in [1.165, 1.54) is 0 Å². The molecule has 0 saturated carbocycles. The summed E-state index contributed by atoms with van der Waals surface area (Å²) in [4.78, 5) is 11.7. The van der Waals surface area contributed by atoms with Gasteiger partial charge in [0.2, 0.25) is 5.91 Å². The molecule has 1 amide bonds. The minimum atomic E-state index is -0.398. The number of carbonyl (C=O) groups excluding carboxylic acids is 1. The fourth-order valence-corrected chi connectivity index (χ4v) is 3.47. The molecule has 0 fully saturated rings. The molecule has 0 radical (unpaired) electrons. The van der Waals surface area contributed by atoms with Crippen LogP contribution in [0.3, 0.4) is 0 Å². The minimum Gasteiger partial charge on any atom is -0.368 e. The van der Waals surface area contributed by atoms with E-state index in [4.69, 9.17) is 10.8 Å². The number of nitrogens with one attached hydrogen (secondary N) is 1. The maximum Gasteiger partial charge on any atom is 0.239 e. The molecule has 29 heavy (non-hydrogen) atoms. The monoisotopic (exact) mass is 390 g/mol. The van der Waals surface area contributed by atoms with Crippen LogP contribution in [0.2, 0.25) is 0 Å². The maximum absolute atomic E-state index is 11.7. The van der Waals surface area contributed by atoms with Crippen LogP contribution >= 0.6 is 0 Å². The molecule has 0 aliphatic carbocycles. The van der Waals surface area contributed by atoms with Gasteiger partial charge in [-0.2, -0.15) is 5.10 Å². The predicted octanol–water partition coefficient (Wildman–Crippen LogP) is 4.02. The van der Waals surface area contributed by atoms with E-state index in [0.717, 1.165) is 47.5 Å². The molecule has 1 aromatic heterocycles. The number of carbonyl (C=O) groups is 1. The second-order valence-corrected chi connectivity index (χ2v) is 8.31. The minimum absolute atomic E-state index is 0.0598. The summed E-state index contributed by atoms with van der Waals surface area (Å²) in [5.41, 5.74) is 10.7. The van der Waals surface area contributed by atoms with Crippen LogP contribution in [0, 0.1) is 0 Å². The molecule has 3 rings (SSSR count). The van der Waals surface area contributed by atoms with Gasteiger partial charge in [-0.15, -0.1) is 0 Å². The number of aryl methyl sites for hydroxylation is 1. The molecule has 0 saturated heterocycles. The molecule has 0 aliphatic rings. The Bertz CT molecular complexity index is 940. The summed E-state index contributed by atoms with van der Waals surface area (Å²) in [6, 6.07) is 20.3. The normalized spacial score (nSPS) is 11.6. The lowest BCUT2D eigenvalue weighted by Gasteiger charge is -2.20. The fourth-order valence-electron chi connectivity index (χ4n) is 3.47. The van der Waals surface area contributed by atoms with Crippen molar-refractivity contribution in [2.75, 3.05) is 6.54 Å². The largest absolute Gasteiger partial charge is 0.368 e. The van der Waals surface area contributed by atoms with E-state index in [9.17, 15) is 4.79 Å². The number of nitrogens with zero attached hydrogens (tertiary/aromatic N) is 2. The molecule has 3 aromatic rings. The number of primary amides is 1. The van der Waals surface area contributed by atoms with Gasteiger partial charge in [0.15, 0.2) is 0 Å². The Labute approximate surface area is 172 Å². The molecular formula is C24H30N4O. The van der Waals surface area contributed by atoms with E-state index in [1.54, 1.807) is 4.68 Å². The van der Waals surface area contributed by atoms with Crippen molar-refractivity contribution in [3.8, 4) is 22.4 Å². The highest BCUT2D eigenvalue weighted by molar-refractivity contribution is 5.84. The highest BCUT2D eigenvalue weighted by Crippen LogP contribution is 2.35. The second-order valence-electron chi connectivity index (χ2n) is 8.31. The van der Waals surface area contributed by atoms with Crippen LogP contribution in [0.15, 0.2) is 60.7 Å². The van der Waals surface area contributed by atoms with Crippen LogP contribution < -0.4 is 11.1 Å². The molecule has 5 nitrogen and oxygen atoms in total. The van der Waals surface area contributed by atoms with Crippen LogP contribution in [-0.4, -0.2) is 27.8 Å². The van der Waals surface area contributed by atoms with Crippen LogP contribution in [0.5, 0.6) is 0 Å². The van der Waals surface area contributed by atoms with Crippen molar-refractivity contribution in [2.45, 2.75) is 45.7 Å². The summed E-state index contributed by atoms with van der Waals surface area (Å²) in [6.07, 6.45) is 1.78. The Balaban J connectivity index is 2.05. The van der Waals surface area contributed by atoms with Gasteiger partial charge in [0, 0.05) is 16.7 Å². The first-order valence-corrected chi connectivity index (χ1v) is 10.1. The number of benzene rings is 2. The lowest BCUT2D eigenvalue weighted by molar-refractivity contribution is -0.118. The summed E-state index contributed by atoms with van der Waals surface area (Å²) >= 11 is 0. The van der Waals surface area contributed by atoms with Crippen LogP contribution in [-0.2, 0) is 17.8 Å². The number of amides is 1. The van der Waals surface area contributed by atoms with Gasteiger partial charge in [-0.1, -0.05) is 60.7 Å². The zero-order chi connectivity index (χ0) is 20.9. The maximum atomic E-state index is 11.7. The van der Waals surface area contributed by atoms with Gasteiger partial charge in [0.1, 0.15) is 6.54 Å². The molecule has 0 aliphatic heterocycles. The standard InChI is InChI=1S/C24H30N4O/c1-24(2,3)26-16-10-15-20-22(18-11-6-4-7-12-18)23(19-13-8-5-9-14-19)28(27-20)17-21(25)29/h4-9,11-14,26H,10,15-17H2,1-3H3,(H2,25,29). The first-order valence-electron chi connectivity index (χ1n) is 10.1. The third kappa shape index (κ3) is 5.55. The van der Waals surface area contributed by atoms with Gasteiger partial charge in [-0.05, 0) is 45.7 Å². The number of nitrogens with two attached hydrogens (primary N) is 1. The Morgan fingerprint density at radius 1 is 1.00 bits per heavy atom. The summed E-state index contributed by atoms with van der Waals surface area (Å²) in [6.45, 7) is 7.46. The average Bonchev–Trinajstić information content (AvgIpc) is 3.03. The van der Waals surface area contributed by atoms with Crippen LogP contribution in [0.1, 0.15) is 32.9 Å². The lowest BCUT2D eigenvalue weighted by atomic mass is 9.97. The molecule has 152 valence electrons. The Morgan fingerprint density at radius 2 is 1.59 bits per heavy atom. The van der Waals surface area contributed by atoms with Crippen molar-refractivity contribution in [1.82, 2.24) is 15.1 Å². The summed E-state index contributed by atoms with van der Waals surface area (Å²) in [5.74, 6) is -0.398. The highest BCUT2D eigenvalue weighted by Gasteiger charge is 2.21. The predicted molar refractivity (Wildman–Crippen MR) is 118 cm³/mol. The summed E-state index contributed by atoms with van der Waals surface area (Å²) in [7, 11) is 0. The molecule has 0 unspecified atom stereocenters. The topological polar surface area (TPSA) is 72.9 Å². The molecule has 0 atom stereocenters. The van der Waals surface area contributed by atoms with Gasteiger partial charge >= 0.3 is 0 Å². The number of hydrogen-bond acceptors (Lipinski definition) is 3. The van der Waals surface area contributed by atoms with Crippen molar-refractivity contribution >= 4 is 5.91 Å².